The Hall–Kier alpha value is -4.70. The minimum atomic E-state index is -4.21. The van der Waals surface area contributed by atoms with Gasteiger partial charge in [-0.15, -0.1) is 6.42 Å². The maximum absolute atomic E-state index is 12.5. The summed E-state index contributed by atoms with van der Waals surface area (Å²) in [6.45, 7) is -0.209. The van der Waals surface area contributed by atoms with Crippen molar-refractivity contribution in [2.24, 2.45) is 0 Å². The Morgan fingerprint density at radius 1 is 1.09 bits per heavy atom. The molecule has 4 aromatic rings. The van der Waals surface area contributed by atoms with Crippen molar-refractivity contribution in [1.29, 1.82) is 0 Å². The van der Waals surface area contributed by atoms with Gasteiger partial charge in [-0.2, -0.15) is 8.42 Å². The molecule has 2 N–H and O–H groups in total. The number of H-pyrrole nitrogens is 2. The zero-order valence-corrected chi connectivity index (χ0v) is 17.3. The highest BCUT2D eigenvalue weighted by atomic mass is 32.2. The minimum absolute atomic E-state index is 0.0338. The number of aromatic nitrogens is 4. The molecule has 0 spiro atoms. The van der Waals surface area contributed by atoms with Crippen LogP contribution in [0.15, 0.2) is 63.0 Å². The normalized spacial score (nSPS) is 11.2. The summed E-state index contributed by atoms with van der Waals surface area (Å²) in [6.07, 6.45) is 5.18. The Labute approximate surface area is 184 Å². The molecule has 0 saturated heterocycles. The van der Waals surface area contributed by atoms with Crippen molar-refractivity contribution >= 4 is 27.0 Å². The van der Waals surface area contributed by atoms with Gasteiger partial charge in [0.25, 0.3) is 11.2 Å². The van der Waals surface area contributed by atoms with E-state index in [0.29, 0.717) is 5.56 Å². The molecule has 2 heterocycles. The molecule has 13 heteroatoms. The monoisotopic (exact) mass is 467 g/mol. The van der Waals surface area contributed by atoms with E-state index in [0.717, 1.165) is 16.7 Å². The smallest absolute Gasteiger partial charge is 0.339 e. The minimum Gasteiger partial charge on any atom is -0.379 e. The number of benzene rings is 2. The lowest BCUT2D eigenvalue weighted by atomic mass is 10.2. The second-order valence-corrected chi connectivity index (χ2v) is 8.19. The number of rotatable bonds is 6. The number of fused-ring (bicyclic) bond motifs is 1. The van der Waals surface area contributed by atoms with E-state index in [2.05, 4.69) is 20.9 Å². The van der Waals surface area contributed by atoms with E-state index in [1.807, 2.05) is 0 Å². The summed E-state index contributed by atoms with van der Waals surface area (Å²) >= 11 is 0. The number of hydrogen-bond acceptors (Lipinski definition) is 8. The van der Waals surface area contributed by atoms with Crippen molar-refractivity contribution < 1.29 is 17.5 Å². The maximum Gasteiger partial charge on any atom is 0.339 e. The van der Waals surface area contributed by atoms with Crippen LogP contribution in [0.5, 0.6) is 5.75 Å². The van der Waals surface area contributed by atoms with E-state index < -0.39 is 26.3 Å². The number of hydrogen-bond donors (Lipinski definition) is 2. The average molecular weight is 467 g/mol. The van der Waals surface area contributed by atoms with E-state index in [1.54, 1.807) is 0 Å². The number of nitrogens with zero attached hydrogens (tertiary/aromatic N) is 3. The standard InChI is InChI=1S/C20H13N5O7S/c1-2-11-24-19(26)16-18(23-20(24)27)22-17(21-16)12-3-9-15(10-4-12)33(30,31)32-14-7-5-13(6-8-14)25(28)29/h1,3-10H,11H2,(H,21,22)(H,23,27). The van der Waals surface area contributed by atoms with Crippen molar-refractivity contribution in [3.05, 3.63) is 79.5 Å². The molecule has 2 aromatic carbocycles. The summed E-state index contributed by atoms with van der Waals surface area (Å²) in [4.78, 5) is 43.8. The molecule has 12 nitrogen and oxygen atoms in total. The zero-order valence-electron chi connectivity index (χ0n) is 16.5. The van der Waals surface area contributed by atoms with Crippen molar-refractivity contribution in [1.82, 2.24) is 19.5 Å². The first-order valence-electron chi connectivity index (χ1n) is 9.15. The van der Waals surface area contributed by atoms with Gasteiger partial charge in [-0.1, -0.05) is 5.92 Å². The fourth-order valence-corrected chi connectivity index (χ4v) is 3.89. The quantitative estimate of drug-likeness (QED) is 0.185. The largest absolute Gasteiger partial charge is 0.379 e. The van der Waals surface area contributed by atoms with Crippen molar-refractivity contribution in [3.8, 4) is 29.5 Å². The summed E-state index contributed by atoms with van der Waals surface area (Å²) in [5, 5.41) is 10.7. The summed E-state index contributed by atoms with van der Waals surface area (Å²) in [5.74, 6) is 2.35. The van der Waals surface area contributed by atoms with Crippen molar-refractivity contribution in [2.75, 3.05) is 0 Å². The molecule has 0 aliphatic carbocycles. The number of non-ortho nitro benzene ring substituents is 1. The summed E-state index contributed by atoms with van der Waals surface area (Å²) in [7, 11) is -4.21. The molecule has 0 radical (unpaired) electrons. The van der Waals surface area contributed by atoms with Crippen molar-refractivity contribution in [2.45, 2.75) is 11.4 Å². The van der Waals surface area contributed by atoms with Gasteiger partial charge in [0.15, 0.2) is 5.65 Å². The van der Waals surface area contributed by atoms with Crippen LogP contribution in [0.1, 0.15) is 0 Å². The number of nitro groups is 1. The van der Waals surface area contributed by atoms with Gasteiger partial charge in [0.1, 0.15) is 22.0 Å². The molecule has 0 bridgehead atoms. The summed E-state index contributed by atoms with van der Waals surface area (Å²) in [5.41, 5.74) is -1.04. The first-order valence-corrected chi connectivity index (χ1v) is 10.6. The lowest BCUT2D eigenvalue weighted by Crippen LogP contribution is -2.34. The van der Waals surface area contributed by atoms with Gasteiger partial charge in [-0.3, -0.25) is 19.9 Å². The van der Waals surface area contributed by atoms with Gasteiger partial charge in [-0.05, 0) is 36.4 Å². The van der Waals surface area contributed by atoms with E-state index >= 15 is 0 Å². The van der Waals surface area contributed by atoms with Gasteiger partial charge < -0.3 is 9.17 Å². The van der Waals surface area contributed by atoms with Gasteiger partial charge in [0, 0.05) is 17.7 Å². The molecular weight excluding hydrogens is 454 g/mol. The van der Waals surface area contributed by atoms with E-state index in [1.165, 1.54) is 36.4 Å². The number of imidazole rings is 1. The Morgan fingerprint density at radius 3 is 2.36 bits per heavy atom. The van der Waals surface area contributed by atoms with Gasteiger partial charge in [0.05, 0.1) is 11.5 Å². The van der Waals surface area contributed by atoms with E-state index in [4.69, 9.17) is 10.6 Å². The van der Waals surface area contributed by atoms with Crippen LogP contribution in [0.4, 0.5) is 5.69 Å². The fraction of sp³-hybridized carbons (Fsp3) is 0.0500. The molecule has 0 aliphatic heterocycles. The summed E-state index contributed by atoms with van der Waals surface area (Å²) in [6, 6.07) is 9.99. The molecule has 0 unspecified atom stereocenters. The first kappa shape index (κ1) is 21.5. The molecule has 4 rings (SSSR count). The molecule has 0 atom stereocenters. The highest BCUT2D eigenvalue weighted by molar-refractivity contribution is 7.87. The predicted molar refractivity (Wildman–Crippen MR) is 116 cm³/mol. The lowest BCUT2D eigenvalue weighted by molar-refractivity contribution is -0.384. The Morgan fingerprint density at radius 2 is 1.76 bits per heavy atom. The molecule has 2 aromatic heterocycles. The zero-order chi connectivity index (χ0) is 23.8. The van der Waals surface area contributed by atoms with Crippen LogP contribution in [0, 0.1) is 22.5 Å². The molecule has 0 amide bonds. The molecule has 0 fully saturated rings. The first-order chi connectivity index (χ1) is 15.7. The molecule has 33 heavy (non-hydrogen) atoms. The van der Waals surface area contributed by atoms with Crippen LogP contribution in [0.2, 0.25) is 0 Å². The number of terminal acetylenes is 1. The second-order valence-electron chi connectivity index (χ2n) is 6.65. The topological polar surface area (TPSA) is 170 Å². The molecule has 0 aliphatic rings. The van der Waals surface area contributed by atoms with Crippen molar-refractivity contribution in [3.63, 3.8) is 0 Å². The lowest BCUT2D eigenvalue weighted by Gasteiger charge is -2.07. The highest BCUT2D eigenvalue weighted by Gasteiger charge is 2.19. The average Bonchev–Trinajstić information content (AvgIpc) is 3.21. The summed E-state index contributed by atoms with van der Waals surface area (Å²) < 4.78 is 30.9. The van der Waals surface area contributed by atoms with Crippen LogP contribution in [0.25, 0.3) is 22.6 Å². The van der Waals surface area contributed by atoms with Gasteiger partial charge >= 0.3 is 15.8 Å². The molecule has 166 valence electrons. The number of nitro benzene ring substituents is 1. The Balaban J connectivity index is 1.62. The Bertz CT molecular complexity index is 1640. The highest BCUT2D eigenvalue weighted by Crippen LogP contribution is 2.24. The second kappa shape index (κ2) is 8.09. The number of aromatic amines is 2. The van der Waals surface area contributed by atoms with Crippen LogP contribution in [-0.4, -0.2) is 32.9 Å². The SMILES string of the molecule is C#CCn1c(=O)[nH]c2nc(-c3ccc(S(=O)(=O)Oc4ccc([N+](=O)[O-])cc4)cc3)[nH]c2c1=O. The van der Waals surface area contributed by atoms with Crippen LogP contribution in [0.3, 0.4) is 0 Å². The maximum atomic E-state index is 12.5. The van der Waals surface area contributed by atoms with Gasteiger partial charge in [-0.25, -0.2) is 14.3 Å². The van der Waals surface area contributed by atoms with Crippen LogP contribution in [-0.2, 0) is 16.7 Å². The Kier molecular flexibility index (Phi) is 5.28. The third kappa shape index (κ3) is 4.10. The van der Waals surface area contributed by atoms with Crippen LogP contribution >= 0.6 is 0 Å². The van der Waals surface area contributed by atoms with E-state index in [9.17, 15) is 28.1 Å². The van der Waals surface area contributed by atoms with Gasteiger partial charge in [0.2, 0.25) is 0 Å². The third-order valence-electron chi connectivity index (χ3n) is 4.55. The van der Waals surface area contributed by atoms with E-state index in [-0.39, 0.29) is 39.9 Å². The molecule has 0 saturated carbocycles. The van der Waals surface area contributed by atoms with Crippen LogP contribution < -0.4 is 15.4 Å². The fourth-order valence-electron chi connectivity index (χ4n) is 2.96. The third-order valence-corrected chi connectivity index (χ3v) is 5.81. The molecular formula is C20H13N5O7S. The number of nitrogens with one attached hydrogen (secondary N) is 2. The predicted octanol–water partition coefficient (Wildman–Crippen LogP) is 1.39.